The fraction of sp³-hybridized carbons (Fsp3) is 0.364. The lowest BCUT2D eigenvalue weighted by molar-refractivity contribution is -0.136. The van der Waals surface area contributed by atoms with E-state index in [1.807, 2.05) is 39.0 Å². The maximum Gasteiger partial charge on any atom is 0.331 e. The second-order valence-corrected chi connectivity index (χ2v) is 6.60. The van der Waals surface area contributed by atoms with E-state index in [9.17, 15) is 9.59 Å². The summed E-state index contributed by atoms with van der Waals surface area (Å²) in [6.45, 7) is 6.11. The van der Waals surface area contributed by atoms with Gasteiger partial charge in [-0.3, -0.25) is 4.79 Å². The van der Waals surface area contributed by atoms with Crippen LogP contribution in [0.4, 0.5) is 0 Å². The lowest BCUT2D eigenvalue weighted by Gasteiger charge is -2.17. The van der Waals surface area contributed by atoms with Crippen LogP contribution in [-0.2, 0) is 14.3 Å². The molecule has 0 radical (unpaired) electrons. The number of carbonyl (C=O) groups is 2. The second kappa shape index (κ2) is 9.90. The number of hydrogen-bond donors (Lipinski definition) is 0. The van der Waals surface area contributed by atoms with E-state index in [0.717, 1.165) is 22.7 Å². The average Bonchev–Trinajstić information content (AvgIpc) is 2.99. The van der Waals surface area contributed by atoms with Gasteiger partial charge in [-0.25, -0.2) is 4.79 Å². The SMILES string of the molecule is COC[C@@H](C)n1c(C)cc(C(=O)COC(=O)/C=C/c2ccc(OC)cc2)c1C. The summed E-state index contributed by atoms with van der Waals surface area (Å²) in [5.74, 6) is -0.0522. The summed E-state index contributed by atoms with van der Waals surface area (Å²) < 4.78 is 17.5. The number of methoxy groups -OCH3 is 2. The van der Waals surface area contributed by atoms with Crippen molar-refractivity contribution in [3.8, 4) is 5.75 Å². The molecule has 1 heterocycles. The molecule has 0 N–H and O–H groups in total. The van der Waals surface area contributed by atoms with Crippen molar-refractivity contribution in [2.45, 2.75) is 26.8 Å². The number of esters is 1. The Morgan fingerprint density at radius 2 is 1.82 bits per heavy atom. The van der Waals surface area contributed by atoms with Gasteiger partial charge in [0.2, 0.25) is 5.78 Å². The van der Waals surface area contributed by atoms with Crippen molar-refractivity contribution in [2.75, 3.05) is 27.4 Å². The molecule has 2 aromatic rings. The Morgan fingerprint density at radius 3 is 2.43 bits per heavy atom. The van der Waals surface area contributed by atoms with E-state index in [1.165, 1.54) is 6.08 Å². The first-order valence-electron chi connectivity index (χ1n) is 9.06. The molecule has 0 saturated heterocycles. The van der Waals surface area contributed by atoms with E-state index in [-0.39, 0.29) is 18.4 Å². The molecular formula is C22H27NO5. The van der Waals surface area contributed by atoms with E-state index in [0.29, 0.717) is 12.2 Å². The van der Waals surface area contributed by atoms with Gasteiger partial charge in [0.05, 0.1) is 19.8 Å². The first-order chi connectivity index (χ1) is 13.4. The number of Topliss-reactive ketones (excluding diaryl/α,β-unsaturated/α-hetero) is 1. The molecule has 6 nitrogen and oxygen atoms in total. The quantitative estimate of drug-likeness (QED) is 0.374. The van der Waals surface area contributed by atoms with Gasteiger partial charge >= 0.3 is 5.97 Å². The molecular weight excluding hydrogens is 358 g/mol. The molecule has 0 spiro atoms. The van der Waals surface area contributed by atoms with E-state index in [4.69, 9.17) is 14.2 Å². The third-order valence-corrected chi connectivity index (χ3v) is 4.51. The molecule has 1 atom stereocenters. The Labute approximate surface area is 165 Å². The number of aryl methyl sites for hydroxylation is 1. The summed E-state index contributed by atoms with van der Waals surface area (Å²) in [4.78, 5) is 24.4. The lowest BCUT2D eigenvalue weighted by atomic mass is 10.1. The van der Waals surface area contributed by atoms with Crippen molar-refractivity contribution in [3.63, 3.8) is 0 Å². The van der Waals surface area contributed by atoms with Crippen molar-refractivity contribution in [3.05, 3.63) is 58.9 Å². The van der Waals surface area contributed by atoms with Crippen molar-refractivity contribution in [1.82, 2.24) is 4.57 Å². The highest BCUT2D eigenvalue weighted by Crippen LogP contribution is 2.21. The molecule has 28 heavy (non-hydrogen) atoms. The predicted molar refractivity (Wildman–Crippen MR) is 108 cm³/mol. The van der Waals surface area contributed by atoms with Gasteiger partial charge in [-0.05, 0) is 50.6 Å². The van der Waals surface area contributed by atoms with Crippen LogP contribution in [0, 0.1) is 13.8 Å². The molecule has 0 amide bonds. The van der Waals surface area contributed by atoms with Gasteiger partial charge < -0.3 is 18.8 Å². The number of hydrogen-bond acceptors (Lipinski definition) is 5. The summed E-state index contributed by atoms with van der Waals surface area (Å²) >= 11 is 0. The van der Waals surface area contributed by atoms with Crippen LogP contribution in [0.1, 0.15) is 40.3 Å². The summed E-state index contributed by atoms with van der Waals surface area (Å²) in [7, 11) is 3.24. The van der Waals surface area contributed by atoms with Crippen LogP contribution in [0.5, 0.6) is 5.75 Å². The van der Waals surface area contributed by atoms with Gasteiger partial charge in [0, 0.05) is 30.1 Å². The van der Waals surface area contributed by atoms with Gasteiger partial charge in [-0.15, -0.1) is 0 Å². The highest BCUT2D eigenvalue weighted by atomic mass is 16.5. The van der Waals surface area contributed by atoms with E-state index in [2.05, 4.69) is 4.57 Å². The Balaban J connectivity index is 1.96. The first kappa shape index (κ1) is 21.4. The van der Waals surface area contributed by atoms with Crippen LogP contribution >= 0.6 is 0 Å². The van der Waals surface area contributed by atoms with Crippen molar-refractivity contribution < 1.29 is 23.8 Å². The number of nitrogens with zero attached hydrogens (tertiary/aromatic N) is 1. The Morgan fingerprint density at radius 1 is 1.14 bits per heavy atom. The Hall–Kier alpha value is -2.86. The molecule has 2 rings (SSSR count). The van der Waals surface area contributed by atoms with Crippen LogP contribution in [0.2, 0.25) is 0 Å². The highest BCUT2D eigenvalue weighted by molar-refractivity contribution is 6.00. The molecule has 6 heteroatoms. The van der Waals surface area contributed by atoms with Crippen LogP contribution in [0.3, 0.4) is 0 Å². The molecule has 0 aliphatic heterocycles. The number of benzene rings is 1. The predicted octanol–water partition coefficient (Wildman–Crippen LogP) is 3.76. The van der Waals surface area contributed by atoms with Crippen LogP contribution < -0.4 is 4.74 Å². The number of ketones is 1. The monoisotopic (exact) mass is 385 g/mol. The third-order valence-electron chi connectivity index (χ3n) is 4.51. The summed E-state index contributed by atoms with van der Waals surface area (Å²) in [6.07, 6.45) is 2.93. The van der Waals surface area contributed by atoms with E-state index in [1.54, 1.807) is 32.4 Å². The highest BCUT2D eigenvalue weighted by Gasteiger charge is 2.19. The van der Waals surface area contributed by atoms with Gasteiger partial charge in [-0.1, -0.05) is 12.1 Å². The summed E-state index contributed by atoms with van der Waals surface area (Å²) in [5.41, 5.74) is 3.21. The molecule has 0 saturated carbocycles. The number of carbonyl (C=O) groups excluding carboxylic acids is 2. The summed E-state index contributed by atoms with van der Waals surface area (Å²) in [5, 5.41) is 0. The zero-order valence-electron chi connectivity index (χ0n) is 17.0. The van der Waals surface area contributed by atoms with Gasteiger partial charge in [0.15, 0.2) is 6.61 Å². The molecule has 150 valence electrons. The first-order valence-corrected chi connectivity index (χ1v) is 9.06. The molecule has 0 unspecified atom stereocenters. The topological polar surface area (TPSA) is 66.8 Å². The van der Waals surface area contributed by atoms with Crippen LogP contribution in [0.25, 0.3) is 6.08 Å². The third kappa shape index (κ3) is 5.33. The fourth-order valence-corrected chi connectivity index (χ4v) is 3.20. The second-order valence-electron chi connectivity index (χ2n) is 6.60. The smallest absolute Gasteiger partial charge is 0.331 e. The molecule has 0 aliphatic carbocycles. The maximum atomic E-state index is 12.5. The lowest BCUT2D eigenvalue weighted by Crippen LogP contribution is -2.16. The maximum absolute atomic E-state index is 12.5. The minimum atomic E-state index is -0.564. The number of aromatic nitrogens is 1. The van der Waals surface area contributed by atoms with Gasteiger partial charge in [-0.2, -0.15) is 0 Å². The fourth-order valence-electron chi connectivity index (χ4n) is 3.20. The van der Waals surface area contributed by atoms with Crippen molar-refractivity contribution >= 4 is 17.8 Å². The van der Waals surface area contributed by atoms with Crippen molar-refractivity contribution in [2.24, 2.45) is 0 Å². The molecule has 0 bridgehead atoms. The summed E-state index contributed by atoms with van der Waals surface area (Å²) in [6, 6.07) is 9.18. The standard InChI is InChI=1S/C22H27NO5/c1-15-12-20(17(3)23(15)16(2)13-26-4)21(24)14-28-22(25)11-8-18-6-9-19(27-5)10-7-18/h6-12,16H,13-14H2,1-5H3/b11-8+/t16-/m1/s1. The largest absolute Gasteiger partial charge is 0.497 e. The minimum absolute atomic E-state index is 0.113. The number of rotatable bonds is 9. The van der Waals surface area contributed by atoms with Gasteiger partial charge in [0.25, 0.3) is 0 Å². The van der Waals surface area contributed by atoms with Crippen LogP contribution in [0.15, 0.2) is 36.4 Å². The van der Waals surface area contributed by atoms with Crippen molar-refractivity contribution in [1.29, 1.82) is 0 Å². The zero-order chi connectivity index (χ0) is 20.7. The molecule has 1 aromatic heterocycles. The molecule has 1 aromatic carbocycles. The Kier molecular flexibility index (Phi) is 7.58. The molecule has 0 fully saturated rings. The van der Waals surface area contributed by atoms with Crippen LogP contribution in [-0.4, -0.2) is 43.8 Å². The Bertz CT molecular complexity index is 849. The van der Waals surface area contributed by atoms with E-state index < -0.39 is 5.97 Å². The zero-order valence-corrected chi connectivity index (χ0v) is 17.0. The normalized spacial score (nSPS) is 12.2. The minimum Gasteiger partial charge on any atom is -0.497 e. The molecule has 0 aliphatic rings. The number of ether oxygens (including phenoxy) is 3. The van der Waals surface area contributed by atoms with Gasteiger partial charge in [0.1, 0.15) is 5.75 Å². The average molecular weight is 385 g/mol. The van der Waals surface area contributed by atoms with E-state index >= 15 is 0 Å².